The molecule has 3 N–H and O–H groups in total. The van der Waals surface area contributed by atoms with Gasteiger partial charge in [-0.3, -0.25) is 4.79 Å². The van der Waals surface area contributed by atoms with Gasteiger partial charge in [-0.05, 0) is 30.3 Å². The highest BCUT2D eigenvalue weighted by Gasteiger charge is 2.08. The Morgan fingerprint density at radius 1 is 1.19 bits per heavy atom. The minimum Gasteiger partial charge on any atom is -0.325 e. The highest BCUT2D eigenvalue weighted by molar-refractivity contribution is 7.99. The predicted molar refractivity (Wildman–Crippen MR) is 99.8 cm³/mol. The number of benzene rings is 2. The Kier molecular flexibility index (Phi) is 6.10. The normalized spacial score (nSPS) is 10.9. The quantitative estimate of drug-likeness (QED) is 0.328. The molecule has 0 fully saturated rings. The number of amides is 1. The Labute approximate surface area is 157 Å². The number of aromatic amines is 1. The van der Waals surface area contributed by atoms with E-state index in [9.17, 15) is 13.6 Å². The second-order valence-electron chi connectivity index (χ2n) is 5.20. The third kappa shape index (κ3) is 5.61. The molecule has 1 aromatic heterocycles. The van der Waals surface area contributed by atoms with Crippen molar-refractivity contribution in [1.82, 2.24) is 15.2 Å². The Morgan fingerprint density at radius 2 is 1.96 bits per heavy atom. The molecule has 0 radical (unpaired) electrons. The molecule has 0 aliphatic heterocycles. The van der Waals surface area contributed by atoms with Crippen molar-refractivity contribution in [2.24, 2.45) is 5.10 Å². The molecule has 0 aliphatic rings. The van der Waals surface area contributed by atoms with Gasteiger partial charge in [0, 0.05) is 11.3 Å². The number of aromatic nitrogens is 3. The summed E-state index contributed by atoms with van der Waals surface area (Å²) in [6.45, 7) is 0. The van der Waals surface area contributed by atoms with Crippen LogP contribution in [-0.2, 0) is 4.79 Å². The van der Waals surface area contributed by atoms with Crippen molar-refractivity contribution in [2.45, 2.75) is 5.16 Å². The second-order valence-corrected chi connectivity index (χ2v) is 6.14. The van der Waals surface area contributed by atoms with Gasteiger partial charge in [0.05, 0.1) is 12.0 Å². The lowest BCUT2D eigenvalue weighted by Crippen LogP contribution is -2.14. The van der Waals surface area contributed by atoms with Gasteiger partial charge in [0.2, 0.25) is 17.0 Å². The molecular weight excluding hydrogens is 374 g/mol. The molecule has 7 nitrogen and oxygen atoms in total. The Bertz CT molecular complexity index is 945. The van der Waals surface area contributed by atoms with Crippen LogP contribution in [0.3, 0.4) is 0 Å². The molecule has 0 atom stereocenters. The van der Waals surface area contributed by atoms with Gasteiger partial charge in [0.15, 0.2) is 0 Å². The molecule has 3 aromatic rings. The van der Waals surface area contributed by atoms with Crippen molar-refractivity contribution in [3.8, 4) is 0 Å². The van der Waals surface area contributed by atoms with Gasteiger partial charge in [-0.2, -0.15) is 10.1 Å². The van der Waals surface area contributed by atoms with Gasteiger partial charge in [-0.15, -0.1) is 5.10 Å². The van der Waals surface area contributed by atoms with Crippen LogP contribution < -0.4 is 10.7 Å². The first-order valence-electron chi connectivity index (χ1n) is 7.74. The number of carbonyl (C=O) groups excluding carboxylic acids is 1. The maximum Gasteiger partial charge on any atom is 0.240 e. The van der Waals surface area contributed by atoms with Crippen LogP contribution in [0.2, 0.25) is 0 Å². The van der Waals surface area contributed by atoms with Gasteiger partial charge in [0.25, 0.3) is 0 Å². The summed E-state index contributed by atoms with van der Waals surface area (Å²) in [5.74, 6) is -0.704. The van der Waals surface area contributed by atoms with Gasteiger partial charge >= 0.3 is 0 Å². The first kappa shape index (κ1) is 18.5. The smallest absolute Gasteiger partial charge is 0.240 e. The fourth-order valence-electron chi connectivity index (χ4n) is 1.96. The first-order chi connectivity index (χ1) is 13.1. The van der Waals surface area contributed by atoms with E-state index in [1.807, 2.05) is 0 Å². The summed E-state index contributed by atoms with van der Waals surface area (Å²) in [6, 6.07) is 11.7. The second kappa shape index (κ2) is 8.90. The van der Waals surface area contributed by atoms with Crippen LogP contribution in [0.1, 0.15) is 5.56 Å². The number of halogens is 2. The highest BCUT2D eigenvalue weighted by Crippen LogP contribution is 2.15. The van der Waals surface area contributed by atoms with Crippen LogP contribution in [0.4, 0.5) is 20.4 Å². The van der Waals surface area contributed by atoms with Crippen LogP contribution in [0, 0.1) is 11.6 Å². The monoisotopic (exact) mass is 388 g/mol. The minimum atomic E-state index is -0.385. The molecular formula is C17H14F2N6OS. The van der Waals surface area contributed by atoms with E-state index in [0.29, 0.717) is 16.4 Å². The zero-order chi connectivity index (χ0) is 19.1. The van der Waals surface area contributed by atoms with Crippen molar-refractivity contribution in [2.75, 3.05) is 16.5 Å². The van der Waals surface area contributed by atoms with Crippen molar-refractivity contribution in [1.29, 1.82) is 0 Å². The van der Waals surface area contributed by atoms with E-state index in [1.165, 1.54) is 36.5 Å². The van der Waals surface area contributed by atoms with E-state index in [1.54, 1.807) is 18.2 Å². The van der Waals surface area contributed by atoms with Crippen molar-refractivity contribution >= 4 is 35.5 Å². The fourth-order valence-corrected chi connectivity index (χ4v) is 2.56. The molecule has 10 heteroatoms. The van der Waals surface area contributed by atoms with E-state index in [0.717, 1.165) is 11.8 Å². The molecule has 27 heavy (non-hydrogen) atoms. The van der Waals surface area contributed by atoms with Crippen molar-refractivity contribution in [3.63, 3.8) is 0 Å². The Hall–Kier alpha value is -3.27. The number of hydrogen-bond acceptors (Lipinski definition) is 6. The Morgan fingerprint density at radius 3 is 2.74 bits per heavy atom. The minimum absolute atomic E-state index is 0.0766. The molecule has 138 valence electrons. The van der Waals surface area contributed by atoms with Crippen LogP contribution in [-0.4, -0.2) is 33.1 Å². The summed E-state index contributed by atoms with van der Waals surface area (Å²) < 4.78 is 26.3. The number of hydrogen-bond donors (Lipinski definition) is 3. The lowest BCUT2D eigenvalue weighted by atomic mass is 10.2. The molecule has 0 aliphatic carbocycles. The van der Waals surface area contributed by atoms with Gasteiger partial charge in [-0.25, -0.2) is 19.3 Å². The maximum absolute atomic E-state index is 13.5. The molecule has 0 spiro atoms. The molecule has 0 unspecified atom stereocenters. The number of nitrogens with zero attached hydrogens (tertiary/aromatic N) is 3. The number of carbonyl (C=O) groups is 1. The molecule has 1 heterocycles. The molecule has 3 rings (SSSR count). The third-order valence-electron chi connectivity index (χ3n) is 3.20. The third-order valence-corrected chi connectivity index (χ3v) is 4.05. The summed E-state index contributed by atoms with van der Waals surface area (Å²) >= 11 is 1.11. The fraction of sp³-hybridized carbons (Fsp3) is 0.0588. The summed E-state index contributed by atoms with van der Waals surface area (Å²) in [6.07, 6.45) is 1.32. The summed E-state index contributed by atoms with van der Waals surface area (Å²) in [5, 5.41) is 13.4. The predicted octanol–water partition coefficient (Wildman–Crippen LogP) is 3.26. The Balaban J connectivity index is 1.47. The first-order valence-corrected chi connectivity index (χ1v) is 8.73. The molecule has 0 saturated heterocycles. The van der Waals surface area contributed by atoms with Crippen molar-refractivity contribution < 1.29 is 13.6 Å². The summed E-state index contributed by atoms with van der Waals surface area (Å²) in [4.78, 5) is 16.0. The lowest BCUT2D eigenvalue weighted by Gasteiger charge is -2.03. The average molecular weight is 388 g/mol. The summed E-state index contributed by atoms with van der Waals surface area (Å²) in [5.41, 5.74) is 3.43. The van der Waals surface area contributed by atoms with Crippen molar-refractivity contribution in [3.05, 3.63) is 65.7 Å². The standard InChI is InChI=1S/C17H14F2N6OS/c18-12-5-7-13(8-6-12)21-15(26)10-27-17-22-16(24-25-17)23-20-9-11-3-1-2-4-14(11)19/h1-9H,10H2,(H,21,26)(H2,22,23,24,25)/b20-9-. The molecule has 2 aromatic carbocycles. The van der Waals surface area contributed by atoms with Gasteiger partial charge in [0.1, 0.15) is 11.6 Å². The van der Waals surface area contributed by atoms with E-state index in [4.69, 9.17) is 0 Å². The van der Waals surface area contributed by atoms with Crippen LogP contribution >= 0.6 is 11.8 Å². The number of hydrazone groups is 1. The zero-order valence-corrected chi connectivity index (χ0v) is 14.6. The van der Waals surface area contributed by atoms with E-state index >= 15 is 0 Å². The van der Waals surface area contributed by atoms with Crippen LogP contribution in [0.15, 0.2) is 58.8 Å². The van der Waals surface area contributed by atoms with E-state index in [-0.39, 0.29) is 29.2 Å². The van der Waals surface area contributed by atoms with E-state index in [2.05, 4.69) is 31.0 Å². The largest absolute Gasteiger partial charge is 0.325 e. The number of nitrogens with one attached hydrogen (secondary N) is 3. The lowest BCUT2D eigenvalue weighted by molar-refractivity contribution is -0.113. The highest BCUT2D eigenvalue weighted by atomic mass is 32.2. The van der Waals surface area contributed by atoms with Crippen LogP contribution in [0.25, 0.3) is 0 Å². The van der Waals surface area contributed by atoms with Gasteiger partial charge in [-0.1, -0.05) is 30.0 Å². The number of H-pyrrole nitrogens is 1. The van der Waals surface area contributed by atoms with Crippen LogP contribution in [0.5, 0.6) is 0 Å². The number of rotatable bonds is 7. The zero-order valence-electron chi connectivity index (χ0n) is 13.8. The SMILES string of the molecule is O=C(CSc1n[nH]c(N/N=C\c2ccccc2F)n1)Nc1ccc(F)cc1. The molecule has 0 bridgehead atoms. The van der Waals surface area contributed by atoms with E-state index < -0.39 is 0 Å². The average Bonchev–Trinajstić information content (AvgIpc) is 3.11. The molecule has 0 saturated carbocycles. The summed E-state index contributed by atoms with van der Waals surface area (Å²) in [7, 11) is 0. The number of anilines is 2. The maximum atomic E-state index is 13.5. The topological polar surface area (TPSA) is 95.1 Å². The van der Waals surface area contributed by atoms with Gasteiger partial charge < -0.3 is 5.32 Å². The number of thioether (sulfide) groups is 1. The molecule has 1 amide bonds.